The Morgan fingerprint density at radius 2 is 1.83 bits per heavy atom. The molecule has 0 aliphatic heterocycles. The fourth-order valence-corrected chi connectivity index (χ4v) is 2.24. The third kappa shape index (κ3) is 5.85. The molecule has 0 saturated heterocycles. The van der Waals surface area contributed by atoms with Gasteiger partial charge < -0.3 is 10.4 Å². The van der Waals surface area contributed by atoms with Gasteiger partial charge in [0, 0.05) is 28.6 Å². The quantitative estimate of drug-likeness (QED) is 0.523. The van der Waals surface area contributed by atoms with Gasteiger partial charge in [-0.15, -0.1) is 0 Å². The molecule has 0 unspecified atom stereocenters. The maximum absolute atomic E-state index is 11.8. The van der Waals surface area contributed by atoms with Crippen LogP contribution in [0.15, 0.2) is 58.1 Å². The number of halogens is 1. The molecule has 0 bridgehead atoms. The monoisotopic (exact) mass is 389 g/mol. The summed E-state index contributed by atoms with van der Waals surface area (Å²) in [5.41, 5.74) is 3.47. The van der Waals surface area contributed by atoms with Crippen LogP contribution in [0.3, 0.4) is 0 Å². The van der Waals surface area contributed by atoms with Crippen LogP contribution in [0.2, 0.25) is 0 Å². The van der Waals surface area contributed by atoms with E-state index in [1.807, 2.05) is 6.07 Å². The largest absolute Gasteiger partial charge is 0.507 e. The SMILES string of the molecule is O=C(CCC(=O)Nc1cccc(Br)c1)NN=Cc1ccccc1O. The van der Waals surface area contributed by atoms with E-state index < -0.39 is 0 Å². The Bertz CT molecular complexity index is 762. The topological polar surface area (TPSA) is 90.8 Å². The molecule has 0 aliphatic carbocycles. The van der Waals surface area contributed by atoms with Crippen LogP contribution in [-0.4, -0.2) is 23.1 Å². The second-order valence-corrected chi connectivity index (χ2v) is 5.83. The molecule has 0 spiro atoms. The van der Waals surface area contributed by atoms with Gasteiger partial charge in [-0.05, 0) is 30.3 Å². The molecule has 2 aromatic rings. The van der Waals surface area contributed by atoms with Crippen molar-refractivity contribution < 1.29 is 14.7 Å². The lowest BCUT2D eigenvalue weighted by Crippen LogP contribution is -2.20. The van der Waals surface area contributed by atoms with E-state index >= 15 is 0 Å². The minimum absolute atomic E-state index is 0.0119. The third-order valence-electron chi connectivity index (χ3n) is 3.02. The number of carbonyl (C=O) groups is 2. The van der Waals surface area contributed by atoms with E-state index in [0.29, 0.717) is 11.3 Å². The molecular weight excluding hydrogens is 374 g/mol. The number of amides is 2. The van der Waals surface area contributed by atoms with Crippen molar-refractivity contribution in [1.29, 1.82) is 0 Å². The lowest BCUT2D eigenvalue weighted by molar-refractivity contribution is -0.124. The van der Waals surface area contributed by atoms with Gasteiger partial charge >= 0.3 is 0 Å². The summed E-state index contributed by atoms with van der Waals surface area (Å²) in [5, 5.41) is 16.0. The molecule has 0 aromatic heterocycles. The maximum atomic E-state index is 11.8. The number of rotatable bonds is 6. The summed E-state index contributed by atoms with van der Waals surface area (Å²) in [6.07, 6.45) is 1.40. The number of hydrazone groups is 1. The summed E-state index contributed by atoms with van der Waals surface area (Å²) in [5.74, 6) is -0.567. The van der Waals surface area contributed by atoms with Crippen molar-refractivity contribution in [1.82, 2.24) is 5.43 Å². The van der Waals surface area contributed by atoms with Crippen molar-refractivity contribution in [3.8, 4) is 5.75 Å². The van der Waals surface area contributed by atoms with E-state index in [2.05, 4.69) is 31.8 Å². The van der Waals surface area contributed by atoms with E-state index in [1.54, 1.807) is 36.4 Å². The van der Waals surface area contributed by atoms with Crippen molar-refractivity contribution in [2.45, 2.75) is 12.8 Å². The Balaban J connectivity index is 1.75. The second kappa shape index (κ2) is 8.83. The van der Waals surface area contributed by atoms with Gasteiger partial charge in [-0.3, -0.25) is 9.59 Å². The van der Waals surface area contributed by atoms with Crippen LogP contribution in [0.1, 0.15) is 18.4 Å². The average molecular weight is 390 g/mol. The molecule has 0 atom stereocenters. The predicted octanol–water partition coefficient (Wildman–Crippen LogP) is 3.02. The van der Waals surface area contributed by atoms with Crippen LogP contribution in [0.25, 0.3) is 0 Å². The number of carbonyl (C=O) groups excluding carboxylic acids is 2. The maximum Gasteiger partial charge on any atom is 0.240 e. The van der Waals surface area contributed by atoms with Gasteiger partial charge in [0.15, 0.2) is 0 Å². The van der Waals surface area contributed by atoms with Crippen molar-refractivity contribution in [2.24, 2.45) is 5.10 Å². The molecule has 2 aromatic carbocycles. The van der Waals surface area contributed by atoms with Gasteiger partial charge in [-0.2, -0.15) is 5.10 Å². The van der Waals surface area contributed by atoms with Crippen LogP contribution in [-0.2, 0) is 9.59 Å². The molecule has 2 amide bonds. The predicted molar refractivity (Wildman–Crippen MR) is 95.8 cm³/mol. The Hall–Kier alpha value is -2.67. The molecule has 7 heteroatoms. The third-order valence-corrected chi connectivity index (χ3v) is 3.51. The fraction of sp³-hybridized carbons (Fsp3) is 0.118. The van der Waals surface area contributed by atoms with Crippen molar-refractivity contribution in [2.75, 3.05) is 5.32 Å². The first-order chi connectivity index (χ1) is 11.5. The summed E-state index contributed by atoms with van der Waals surface area (Å²) >= 11 is 3.32. The lowest BCUT2D eigenvalue weighted by Gasteiger charge is -2.05. The van der Waals surface area contributed by atoms with Gasteiger partial charge in [-0.1, -0.05) is 34.1 Å². The highest BCUT2D eigenvalue weighted by atomic mass is 79.9. The number of hydrogen-bond donors (Lipinski definition) is 3. The highest BCUT2D eigenvalue weighted by Crippen LogP contribution is 2.16. The number of phenolic OH excluding ortho intramolecular Hbond substituents is 1. The van der Waals surface area contributed by atoms with Gasteiger partial charge in [0.2, 0.25) is 11.8 Å². The van der Waals surface area contributed by atoms with E-state index in [0.717, 1.165) is 4.47 Å². The van der Waals surface area contributed by atoms with E-state index in [4.69, 9.17) is 0 Å². The average Bonchev–Trinajstić information content (AvgIpc) is 2.55. The number of aromatic hydroxyl groups is 1. The van der Waals surface area contributed by atoms with Gasteiger partial charge in [0.25, 0.3) is 0 Å². The van der Waals surface area contributed by atoms with E-state index in [9.17, 15) is 14.7 Å². The lowest BCUT2D eigenvalue weighted by atomic mass is 10.2. The molecule has 0 aliphatic rings. The minimum Gasteiger partial charge on any atom is -0.507 e. The summed E-state index contributed by atoms with van der Waals surface area (Å²) in [4.78, 5) is 23.4. The number of phenols is 1. The Kier molecular flexibility index (Phi) is 6.51. The minimum atomic E-state index is -0.383. The molecule has 0 radical (unpaired) electrons. The summed E-state index contributed by atoms with van der Waals surface area (Å²) < 4.78 is 0.858. The van der Waals surface area contributed by atoms with Gasteiger partial charge in [0.05, 0.1) is 6.21 Å². The van der Waals surface area contributed by atoms with Crippen molar-refractivity contribution in [3.63, 3.8) is 0 Å². The first-order valence-electron chi connectivity index (χ1n) is 7.20. The van der Waals surface area contributed by atoms with E-state index in [-0.39, 0.29) is 30.4 Å². The zero-order chi connectivity index (χ0) is 17.4. The Morgan fingerprint density at radius 3 is 2.58 bits per heavy atom. The molecule has 24 heavy (non-hydrogen) atoms. The molecular formula is C17H16BrN3O3. The molecule has 0 saturated carbocycles. The first kappa shape index (κ1) is 17.7. The summed E-state index contributed by atoms with van der Waals surface area (Å²) in [6.45, 7) is 0. The Morgan fingerprint density at radius 1 is 1.08 bits per heavy atom. The van der Waals surface area contributed by atoms with Crippen LogP contribution in [0, 0.1) is 0 Å². The standard InChI is InChI=1S/C17H16BrN3O3/c18-13-5-3-6-14(10-13)20-16(23)8-9-17(24)21-19-11-12-4-1-2-7-15(12)22/h1-7,10-11,22H,8-9H2,(H,20,23)(H,21,24). The van der Waals surface area contributed by atoms with Crippen LogP contribution >= 0.6 is 15.9 Å². The number of nitrogens with one attached hydrogen (secondary N) is 2. The highest BCUT2D eigenvalue weighted by Gasteiger charge is 2.07. The molecule has 124 valence electrons. The first-order valence-corrected chi connectivity index (χ1v) is 7.99. The van der Waals surface area contributed by atoms with Crippen molar-refractivity contribution in [3.05, 3.63) is 58.6 Å². The second-order valence-electron chi connectivity index (χ2n) is 4.91. The molecule has 6 nitrogen and oxygen atoms in total. The number of hydrogen-bond acceptors (Lipinski definition) is 4. The van der Waals surface area contributed by atoms with Crippen molar-refractivity contribution >= 4 is 39.6 Å². The summed E-state index contributed by atoms with van der Waals surface area (Å²) in [6, 6.07) is 13.8. The smallest absolute Gasteiger partial charge is 0.240 e. The Labute approximate surface area is 147 Å². The number of benzene rings is 2. The normalized spacial score (nSPS) is 10.5. The van der Waals surface area contributed by atoms with Crippen LogP contribution in [0.5, 0.6) is 5.75 Å². The zero-order valence-electron chi connectivity index (χ0n) is 12.7. The number of para-hydroxylation sites is 1. The molecule has 0 heterocycles. The zero-order valence-corrected chi connectivity index (χ0v) is 14.3. The van der Waals surface area contributed by atoms with Crippen LogP contribution in [0.4, 0.5) is 5.69 Å². The van der Waals surface area contributed by atoms with Gasteiger partial charge in [-0.25, -0.2) is 5.43 Å². The number of anilines is 1. The van der Waals surface area contributed by atoms with Crippen LogP contribution < -0.4 is 10.7 Å². The molecule has 2 rings (SSSR count). The van der Waals surface area contributed by atoms with E-state index in [1.165, 1.54) is 12.3 Å². The highest BCUT2D eigenvalue weighted by molar-refractivity contribution is 9.10. The molecule has 3 N–H and O–H groups in total. The summed E-state index contributed by atoms with van der Waals surface area (Å²) in [7, 11) is 0. The number of nitrogens with zero attached hydrogens (tertiary/aromatic N) is 1. The van der Waals surface area contributed by atoms with Gasteiger partial charge in [0.1, 0.15) is 5.75 Å². The molecule has 0 fully saturated rings. The fourth-order valence-electron chi connectivity index (χ4n) is 1.84.